The molecule has 4 nitrogen and oxygen atoms in total. The Kier molecular flexibility index (Phi) is 4.12. The lowest BCUT2D eigenvalue weighted by atomic mass is 10.1. The number of halogens is 2. The summed E-state index contributed by atoms with van der Waals surface area (Å²) in [6.45, 7) is 2.64. The molecule has 0 spiro atoms. The molecule has 21 heavy (non-hydrogen) atoms. The van der Waals surface area contributed by atoms with Crippen molar-refractivity contribution in [3.8, 4) is 17.0 Å². The predicted molar refractivity (Wildman–Crippen MR) is 80.6 cm³/mol. The Bertz CT molecular complexity index is 625. The van der Waals surface area contributed by atoms with Gasteiger partial charge < -0.3 is 4.74 Å². The number of benzene rings is 1. The zero-order chi connectivity index (χ0) is 14.8. The van der Waals surface area contributed by atoms with Gasteiger partial charge in [0, 0.05) is 36.4 Å². The van der Waals surface area contributed by atoms with Crippen LogP contribution in [0.1, 0.15) is 0 Å². The number of hydrogen-bond donors (Lipinski definition) is 0. The van der Waals surface area contributed by atoms with E-state index in [9.17, 15) is 4.39 Å². The Labute approximate surface area is 128 Å². The number of rotatable bonds is 5. The third kappa shape index (κ3) is 3.19. The SMILES string of the molecule is COc1ccc(Cl)cc1-c1ccn(CCN2CC(F)C2)n1. The molecule has 1 aliphatic rings. The first-order valence-corrected chi connectivity index (χ1v) is 7.27. The molecule has 0 saturated carbocycles. The van der Waals surface area contributed by atoms with Crippen molar-refractivity contribution >= 4 is 11.6 Å². The molecule has 0 aliphatic carbocycles. The Hall–Kier alpha value is -1.59. The summed E-state index contributed by atoms with van der Waals surface area (Å²) in [6.07, 6.45) is 1.26. The van der Waals surface area contributed by atoms with Gasteiger partial charge in [-0.3, -0.25) is 9.58 Å². The van der Waals surface area contributed by atoms with Crippen molar-refractivity contribution in [2.45, 2.75) is 12.7 Å². The number of methoxy groups -OCH3 is 1. The van der Waals surface area contributed by atoms with Gasteiger partial charge in [0.15, 0.2) is 0 Å². The molecule has 1 saturated heterocycles. The lowest BCUT2D eigenvalue weighted by Gasteiger charge is -2.33. The van der Waals surface area contributed by atoms with Crippen molar-refractivity contribution < 1.29 is 9.13 Å². The van der Waals surface area contributed by atoms with Crippen LogP contribution in [0.15, 0.2) is 30.5 Å². The topological polar surface area (TPSA) is 30.3 Å². The van der Waals surface area contributed by atoms with Gasteiger partial charge in [0.2, 0.25) is 0 Å². The summed E-state index contributed by atoms with van der Waals surface area (Å²) >= 11 is 6.04. The number of nitrogens with zero attached hydrogens (tertiary/aromatic N) is 3. The largest absolute Gasteiger partial charge is 0.496 e. The number of ether oxygens (including phenoxy) is 1. The maximum atomic E-state index is 12.7. The van der Waals surface area contributed by atoms with Crippen LogP contribution in [0, 0.1) is 0 Å². The van der Waals surface area contributed by atoms with Crippen LogP contribution in [0.25, 0.3) is 11.3 Å². The summed E-state index contributed by atoms with van der Waals surface area (Å²) in [5, 5.41) is 5.19. The first kappa shape index (κ1) is 14.4. The molecular weight excluding hydrogens is 293 g/mol. The minimum atomic E-state index is -0.658. The van der Waals surface area contributed by atoms with Crippen LogP contribution >= 0.6 is 11.6 Å². The molecule has 6 heteroatoms. The van der Waals surface area contributed by atoms with Crippen LogP contribution in [-0.4, -0.2) is 47.6 Å². The van der Waals surface area contributed by atoms with Crippen LogP contribution in [0.2, 0.25) is 5.02 Å². The Morgan fingerprint density at radius 2 is 2.14 bits per heavy atom. The Morgan fingerprint density at radius 1 is 1.33 bits per heavy atom. The van der Waals surface area contributed by atoms with E-state index in [1.807, 2.05) is 29.1 Å². The van der Waals surface area contributed by atoms with Crippen LogP contribution in [0.5, 0.6) is 5.75 Å². The molecule has 2 heterocycles. The highest BCUT2D eigenvalue weighted by molar-refractivity contribution is 6.30. The second-order valence-corrected chi connectivity index (χ2v) is 5.60. The molecule has 112 valence electrons. The van der Waals surface area contributed by atoms with Gasteiger partial charge in [0.05, 0.1) is 19.3 Å². The normalized spacial score (nSPS) is 16.0. The third-order valence-corrected chi connectivity index (χ3v) is 3.87. The van der Waals surface area contributed by atoms with E-state index in [2.05, 4.69) is 10.00 Å². The first-order valence-electron chi connectivity index (χ1n) is 6.89. The highest BCUT2D eigenvalue weighted by Crippen LogP contribution is 2.31. The lowest BCUT2D eigenvalue weighted by Crippen LogP contribution is -2.49. The van der Waals surface area contributed by atoms with Gasteiger partial charge >= 0.3 is 0 Å². The van der Waals surface area contributed by atoms with Crippen molar-refractivity contribution in [3.63, 3.8) is 0 Å². The fourth-order valence-electron chi connectivity index (χ4n) is 2.44. The van der Waals surface area contributed by atoms with Gasteiger partial charge in [0.25, 0.3) is 0 Å². The van der Waals surface area contributed by atoms with Crippen molar-refractivity contribution in [1.82, 2.24) is 14.7 Å². The van der Waals surface area contributed by atoms with E-state index < -0.39 is 6.17 Å². The summed E-state index contributed by atoms with van der Waals surface area (Å²) < 4.78 is 20.0. The molecule has 2 aromatic rings. The zero-order valence-corrected chi connectivity index (χ0v) is 12.6. The van der Waals surface area contributed by atoms with Crippen LogP contribution in [-0.2, 0) is 6.54 Å². The highest BCUT2D eigenvalue weighted by atomic mass is 35.5. The van der Waals surface area contributed by atoms with Crippen molar-refractivity contribution in [2.75, 3.05) is 26.7 Å². The van der Waals surface area contributed by atoms with Crippen LogP contribution in [0.4, 0.5) is 4.39 Å². The van der Waals surface area contributed by atoms with E-state index in [4.69, 9.17) is 16.3 Å². The second-order valence-electron chi connectivity index (χ2n) is 5.17. The number of alkyl halides is 1. The standard InChI is InChI=1S/C15H17ClFN3O/c1-21-15-3-2-11(16)8-13(15)14-4-5-20(18-14)7-6-19-9-12(17)10-19/h2-5,8,12H,6-7,9-10H2,1H3. The maximum Gasteiger partial charge on any atom is 0.128 e. The van der Waals surface area contributed by atoms with Gasteiger partial charge in [-0.25, -0.2) is 4.39 Å². The van der Waals surface area contributed by atoms with E-state index >= 15 is 0 Å². The molecule has 0 radical (unpaired) electrons. The highest BCUT2D eigenvalue weighted by Gasteiger charge is 2.25. The number of hydrogen-bond acceptors (Lipinski definition) is 3. The van der Waals surface area contributed by atoms with Gasteiger partial charge in [-0.2, -0.15) is 5.10 Å². The van der Waals surface area contributed by atoms with E-state index in [0.29, 0.717) is 18.1 Å². The van der Waals surface area contributed by atoms with Crippen molar-refractivity contribution in [2.24, 2.45) is 0 Å². The molecule has 0 atom stereocenters. The first-order chi connectivity index (χ1) is 10.2. The quantitative estimate of drug-likeness (QED) is 0.851. The second kappa shape index (κ2) is 6.03. The lowest BCUT2D eigenvalue weighted by molar-refractivity contribution is 0.0619. The fraction of sp³-hybridized carbons (Fsp3) is 0.400. The van der Waals surface area contributed by atoms with Gasteiger partial charge in [0.1, 0.15) is 11.9 Å². The monoisotopic (exact) mass is 309 g/mol. The maximum absolute atomic E-state index is 12.7. The number of aromatic nitrogens is 2. The van der Waals surface area contributed by atoms with E-state index in [-0.39, 0.29) is 0 Å². The van der Waals surface area contributed by atoms with Crippen LogP contribution in [0.3, 0.4) is 0 Å². The van der Waals surface area contributed by atoms with Crippen LogP contribution < -0.4 is 4.74 Å². The summed E-state index contributed by atoms with van der Waals surface area (Å²) in [4.78, 5) is 2.08. The predicted octanol–water partition coefficient (Wildman–Crippen LogP) is 2.87. The Balaban J connectivity index is 1.71. The third-order valence-electron chi connectivity index (χ3n) is 3.64. The molecule has 0 amide bonds. The molecule has 0 N–H and O–H groups in total. The van der Waals surface area contributed by atoms with E-state index in [1.165, 1.54) is 0 Å². The summed E-state index contributed by atoms with van der Waals surface area (Å²) in [7, 11) is 1.63. The summed E-state index contributed by atoms with van der Waals surface area (Å²) in [6, 6.07) is 7.40. The van der Waals surface area contributed by atoms with E-state index in [0.717, 1.165) is 30.1 Å². The van der Waals surface area contributed by atoms with Gasteiger partial charge in [-0.05, 0) is 24.3 Å². The average Bonchev–Trinajstić information content (AvgIpc) is 2.91. The van der Waals surface area contributed by atoms with Crippen molar-refractivity contribution in [1.29, 1.82) is 0 Å². The molecule has 1 aromatic heterocycles. The Morgan fingerprint density at radius 3 is 2.86 bits per heavy atom. The molecule has 0 bridgehead atoms. The van der Waals surface area contributed by atoms with Gasteiger partial charge in [-0.1, -0.05) is 11.6 Å². The molecule has 1 aromatic carbocycles. The fourth-order valence-corrected chi connectivity index (χ4v) is 2.62. The average molecular weight is 310 g/mol. The molecular formula is C15H17ClFN3O. The molecule has 3 rings (SSSR count). The zero-order valence-electron chi connectivity index (χ0n) is 11.8. The smallest absolute Gasteiger partial charge is 0.128 e. The molecule has 0 unspecified atom stereocenters. The molecule has 1 aliphatic heterocycles. The minimum Gasteiger partial charge on any atom is -0.496 e. The van der Waals surface area contributed by atoms with Gasteiger partial charge in [-0.15, -0.1) is 0 Å². The van der Waals surface area contributed by atoms with Crippen molar-refractivity contribution in [3.05, 3.63) is 35.5 Å². The minimum absolute atomic E-state index is 0.538. The summed E-state index contributed by atoms with van der Waals surface area (Å²) in [5.41, 5.74) is 1.69. The molecule has 1 fully saturated rings. The summed E-state index contributed by atoms with van der Waals surface area (Å²) in [5.74, 6) is 0.743. The number of likely N-dealkylation sites (tertiary alicyclic amines) is 1. The van der Waals surface area contributed by atoms with E-state index in [1.54, 1.807) is 13.2 Å².